The van der Waals surface area contributed by atoms with E-state index in [0.29, 0.717) is 13.0 Å². The Kier molecular flexibility index (Phi) is 2.44. The molecule has 80 valence electrons. The standard InChI is InChI=1S/C11H12F2N2/c1-6-7(4-5-14)8-2-3-9(12)10(13)11(8)15-6/h2-3,15H,4-5,14H2,1H3. The molecule has 3 N–H and O–H groups in total. The Bertz CT molecular complexity index is 503. The molecule has 0 aliphatic heterocycles. The van der Waals surface area contributed by atoms with Gasteiger partial charge in [-0.1, -0.05) is 0 Å². The number of aromatic amines is 1. The van der Waals surface area contributed by atoms with Crippen molar-refractivity contribution in [2.24, 2.45) is 5.73 Å². The van der Waals surface area contributed by atoms with Gasteiger partial charge in [0.1, 0.15) is 0 Å². The molecule has 0 aliphatic rings. The lowest BCUT2D eigenvalue weighted by atomic mass is 10.1. The van der Waals surface area contributed by atoms with Gasteiger partial charge in [-0.15, -0.1) is 0 Å². The summed E-state index contributed by atoms with van der Waals surface area (Å²) in [6, 6.07) is 2.73. The van der Waals surface area contributed by atoms with Gasteiger partial charge < -0.3 is 10.7 Å². The van der Waals surface area contributed by atoms with Gasteiger partial charge >= 0.3 is 0 Å². The van der Waals surface area contributed by atoms with Gasteiger partial charge in [-0.2, -0.15) is 0 Å². The molecule has 0 bridgehead atoms. The normalized spacial score (nSPS) is 11.2. The second-order valence-electron chi connectivity index (χ2n) is 3.55. The molecule has 4 heteroatoms. The molecule has 2 rings (SSSR count). The van der Waals surface area contributed by atoms with Gasteiger partial charge in [0.05, 0.1) is 5.52 Å². The molecule has 0 radical (unpaired) electrons. The summed E-state index contributed by atoms with van der Waals surface area (Å²) < 4.78 is 26.4. The van der Waals surface area contributed by atoms with Gasteiger partial charge in [0.2, 0.25) is 0 Å². The number of hydrogen-bond donors (Lipinski definition) is 2. The number of benzene rings is 1. The maximum absolute atomic E-state index is 13.4. The summed E-state index contributed by atoms with van der Waals surface area (Å²) in [4.78, 5) is 2.85. The first kappa shape index (κ1) is 10.1. The maximum Gasteiger partial charge on any atom is 0.182 e. The van der Waals surface area contributed by atoms with E-state index in [1.54, 1.807) is 6.07 Å². The van der Waals surface area contributed by atoms with Crippen LogP contribution in [0, 0.1) is 18.6 Å². The number of hydrogen-bond acceptors (Lipinski definition) is 1. The Balaban J connectivity index is 2.73. The summed E-state index contributed by atoms with van der Waals surface area (Å²) >= 11 is 0. The third-order valence-electron chi connectivity index (χ3n) is 2.58. The van der Waals surface area contributed by atoms with Gasteiger partial charge in [-0.25, -0.2) is 8.78 Å². The van der Waals surface area contributed by atoms with Crippen LogP contribution < -0.4 is 5.73 Å². The molecule has 1 aromatic carbocycles. The van der Waals surface area contributed by atoms with E-state index >= 15 is 0 Å². The van der Waals surface area contributed by atoms with Crippen LogP contribution in [0.5, 0.6) is 0 Å². The van der Waals surface area contributed by atoms with E-state index in [1.807, 2.05) is 6.92 Å². The molecule has 1 aromatic heterocycles. The minimum Gasteiger partial charge on any atom is -0.356 e. The first-order chi connectivity index (χ1) is 7.15. The highest BCUT2D eigenvalue weighted by atomic mass is 19.2. The number of rotatable bonds is 2. The van der Waals surface area contributed by atoms with Crippen LogP contribution in [0.4, 0.5) is 8.78 Å². The first-order valence-electron chi connectivity index (χ1n) is 4.80. The number of aryl methyl sites for hydroxylation is 1. The zero-order chi connectivity index (χ0) is 11.0. The van der Waals surface area contributed by atoms with Crippen molar-refractivity contribution >= 4 is 10.9 Å². The molecular weight excluding hydrogens is 198 g/mol. The summed E-state index contributed by atoms with van der Waals surface area (Å²) in [5.41, 5.74) is 7.51. The van der Waals surface area contributed by atoms with E-state index in [0.717, 1.165) is 22.7 Å². The van der Waals surface area contributed by atoms with Crippen molar-refractivity contribution in [3.63, 3.8) is 0 Å². The van der Waals surface area contributed by atoms with Crippen LogP contribution in [0.25, 0.3) is 10.9 Å². The van der Waals surface area contributed by atoms with Crippen LogP contribution >= 0.6 is 0 Å². The lowest BCUT2D eigenvalue weighted by molar-refractivity contribution is 0.515. The van der Waals surface area contributed by atoms with Crippen molar-refractivity contribution in [3.05, 3.63) is 35.0 Å². The minimum absolute atomic E-state index is 0.232. The fourth-order valence-electron chi connectivity index (χ4n) is 1.86. The van der Waals surface area contributed by atoms with Crippen molar-refractivity contribution in [2.75, 3.05) is 6.54 Å². The van der Waals surface area contributed by atoms with Crippen LogP contribution in [0.15, 0.2) is 12.1 Å². The van der Waals surface area contributed by atoms with Crippen molar-refractivity contribution < 1.29 is 8.78 Å². The predicted molar refractivity (Wildman–Crippen MR) is 55.7 cm³/mol. The van der Waals surface area contributed by atoms with Crippen molar-refractivity contribution in [1.29, 1.82) is 0 Å². The molecule has 0 saturated heterocycles. The number of nitrogens with two attached hydrogens (primary N) is 1. The fraction of sp³-hybridized carbons (Fsp3) is 0.273. The number of halogens is 2. The summed E-state index contributed by atoms with van der Waals surface area (Å²) in [5.74, 6) is -1.65. The number of H-pyrrole nitrogens is 1. The number of aromatic nitrogens is 1. The Labute approximate surface area is 86.1 Å². The summed E-state index contributed by atoms with van der Waals surface area (Å²) in [6.07, 6.45) is 0.664. The number of nitrogens with one attached hydrogen (secondary N) is 1. The largest absolute Gasteiger partial charge is 0.356 e. The molecule has 0 fully saturated rings. The van der Waals surface area contributed by atoms with Crippen LogP contribution in [0.3, 0.4) is 0 Å². The Hall–Kier alpha value is -1.42. The van der Waals surface area contributed by atoms with E-state index in [4.69, 9.17) is 5.73 Å². The highest BCUT2D eigenvalue weighted by molar-refractivity contribution is 5.85. The molecule has 1 heterocycles. The molecule has 0 aliphatic carbocycles. The summed E-state index contributed by atoms with van der Waals surface area (Å²) in [6.45, 7) is 2.33. The summed E-state index contributed by atoms with van der Waals surface area (Å²) in [7, 11) is 0. The molecule has 15 heavy (non-hydrogen) atoms. The third-order valence-corrected chi connectivity index (χ3v) is 2.58. The smallest absolute Gasteiger partial charge is 0.182 e. The lowest BCUT2D eigenvalue weighted by Gasteiger charge is -1.98. The molecule has 0 amide bonds. The molecule has 0 saturated carbocycles. The van der Waals surface area contributed by atoms with Crippen molar-refractivity contribution in [3.8, 4) is 0 Å². The number of fused-ring (bicyclic) bond motifs is 1. The lowest BCUT2D eigenvalue weighted by Crippen LogP contribution is -2.03. The highest BCUT2D eigenvalue weighted by Gasteiger charge is 2.13. The zero-order valence-electron chi connectivity index (χ0n) is 8.40. The van der Waals surface area contributed by atoms with E-state index in [9.17, 15) is 8.78 Å². The Morgan fingerprint density at radius 1 is 1.33 bits per heavy atom. The van der Waals surface area contributed by atoms with Crippen LogP contribution in [0.1, 0.15) is 11.3 Å². The average Bonchev–Trinajstić information content (AvgIpc) is 2.52. The molecule has 0 atom stereocenters. The van der Waals surface area contributed by atoms with Gasteiger partial charge in [0.15, 0.2) is 11.6 Å². The van der Waals surface area contributed by atoms with E-state index in [1.165, 1.54) is 0 Å². The zero-order valence-corrected chi connectivity index (χ0v) is 8.40. The van der Waals surface area contributed by atoms with Gasteiger partial charge in [0, 0.05) is 11.1 Å². The van der Waals surface area contributed by atoms with Gasteiger partial charge in [0.25, 0.3) is 0 Å². The average molecular weight is 210 g/mol. The van der Waals surface area contributed by atoms with E-state index in [-0.39, 0.29) is 5.52 Å². The Morgan fingerprint density at radius 2 is 2.07 bits per heavy atom. The first-order valence-corrected chi connectivity index (χ1v) is 4.80. The molecular formula is C11H12F2N2. The molecule has 2 aromatic rings. The van der Waals surface area contributed by atoms with Crippen LogP contribution in [-0.2, 0) is 6.42 Å². The van der Waals surface area contributed by atoms with E-state index in [2.05, 4.69) is 4.98 Å². The summed E-state index contributed by atoms with van der Waals surface area (Å²) in [5, 5.41) is 0.719. The van der Waals surface area contributed by atoms with Gasteiger partial charge in [-0.3, -0.25) is 0 Å². The Morgan fingerprint density at radius 3 is 2.73 bits per heavy atom. The highest BCUT2D eigenvalue weighted by Crippen LogP contribution is 2.25. The predicted octanol–water partition coefficient (Wildman–Crippen LogP) is 2.26. The topological polar surface area (TPSA) is 41.8 Å². The fourth-order valence-corrected chi connectivity index (χ4v) is 1.86. The van der Waals surface area contributed by atoms with Crippen LogP contribution in [-0.4, -0.2) is 11.5 Å². The van der Waals surface area contributed by atoms with Crippen molar-refractivity contribution in [1.82, 2.24) is 4.98 Å². The second-order valence-corrected chi connectivity index (χ2v) is 3.55. The quantitative estimate of drug-likeness (QED) is 0.784. The van der Waals surface area contributed by atoms with E-state index < -0.39 is 11.6 Å². The van der Waals surface area contributed by atoms with Crippen molar-refractivity contribution in [2.45, 2.75) is 13.3 Å². The minimum atomic E-state index is -0.831. The molecule has 0 spiro atoms. The molecule has 0 unspecified atom stereocenters. The van der Waals surface area contributed by atoms with Crippen LogP contribution in [0.2, 0.25) is 0 Å². The second kappa shape index (κ2) is 3.62. The maximum atomic E-state index is 13.4. The van der Waals surface area contributed by atoms with Gasteiger partial charge in [-0.05, 0) is 37.6 Å². The monoisotopic (exact) mass is 210 g/mol. The third kappa shape index (κ3) is 1.51. The molecule has 2 nitrogen and oxygen atoms in total. The SMILES string of the molecule is Cc1[nH]c2c(F)c(F)ccc2c1CCN.